The highest BCUT2D eigenvalue weighted by Crippen LogP contribution is 2.33. The van der Waals surface area contributed by atoms with E-state index in [1.165, 1.54) is 45.3 Å². The first-order valence-electron chi connectivity index (χ1n) is 18.6. The quantitative estimate of drug-likeness (QED) is 0.164. The second-order valence-electron chi connectivity index (χ2n) is 14.0. The van der Waals surface area contributed by atoms with Gasteiger partial charge in [-0.05, 0) is 167 Å². The lowest BCUT2D eigenvalue weighted by atomic mass is 9.79. The molecule has 0 aliphatic carbocycles. The van der Waals surface area contributed by atoms with Crippen LogP contribution >= 0.6 is 15.9 Å². The summed E-state index contributed by atoms with van der Waals surface area (Å²) in [5.74, 6) is -0.311. The minimum absolute atomic E-state index is 0. The molecule has 0 unspecified atom stereocenters. The molecule has 0 bridgehead atoms. The van der Waals surface area contributed by atoms with Gasteiger partial charge in [-0.3, -0.25) is 0 Å². The van der Waals surface area contributed by atoms with Crippen LogP contribution in [0.4, 0.5) is 8.78 Å². The van der Waals surface area contributed by atoms with Crippen molar-refractivity contribution in [1.82, 2.24) is 0 Å². The Balaban J connectivity index is 0.000000174. The molecule has 8 rings (SSSR count). The van der Waals surface area contributed by atoms with Crippen molar-refractivity contribution in [2.24, 2.45) is 0 Å². The molecule has 0 fully saturated rings. The highest BCUT2D eigenvalue weighted by atomic mass is 79.9. The predicted octanol–water partition coefficient (Wildman–Crippen LogP) is 13.3. The van der Waals surface area contributed by atoms with E-state index in [9.17, 15) is 8.78 Å². The minimum Gasteiger partial charge on any atom is -0.456 e. The second kappa shape index (κ2) is 18.8. The first-order valence-corrected chi connectivity index (χ1v) is 19.4. The van der Waals surface area contributed by atoms with Gasteiger partial charge in [-0.25, -0.2) is 8.78 Å². The van der Waals surface area contributed by atoms with Gasteiger partial charge in [0.05, 0.1) is 5.56 Å². The molecule has 4 nitrogen and oxygen atoms in total. The number of furan rings is 2. The van der Waals surface area contributed by atoms with Crippen molar-refractivity contribution in [3.05, 3.63) is 171 Å². The second-order valence-corrected chi connectivity index (χ2v) is 14.8. The van der Waals surface area contributed by atoms with Crippen LogP contribution in [0.25, 0.3) is 55.5 Å². The van der Waals surface area contributed by atoms with Crippen LogP contribution in [0.2, 0.25) is 0 Å². The Morgan fingerprint density at radius 3 is 1.49 bits per heavy atom. The number of aryl methyl sites for hydroxylation is 6. The molecule has 2 aromatic heterocycles. The molecule has 57 heavy (non-hydrogen) atoms. The van der Waals surface area contributed by atoms with E-state index < -0.39 is 12.9 Å². The number of benzene rings is 6. The van der Waals surface area contributed by atoms with E-state index in [1.807, 2.05) is 68.4 Å². The SMILES string of the molecule is C.CCc1ccc2oc(-c3ccc(-c4ccc(C)c(C)c4)cc3F)cc2c1.CCc1ccc2oc(Br)cc2c1.Cc1ccc(-c2ccc(B(O)O)c(F)c2)cc1C. The largest absolute Gasteiger partial charge is 0.491 e. The van der Waals surface area contributed by atoms with Crippen LogP contribution in [0.3, 0.4) is 0 Å². The molecule has 2 heterocycles. The molecule has 0 amide bonds. The summed E-state index contributed by atoms with van der Waals surface area (Å²) in [5, 5.41) is 20.1. The van der Waals surface area contributed by atoms with Crippen molar-refractivity contribution in [2.45, 2.75) is 61.8 Å². The van der Waals surface area contributed by atoms with Crippen LogP contribution in [0.15, 0.2) is 135 Å². The predicted molar refractivity (Wildman–Crippen MR) is 237 cm³/mol. The summed E-state index contributed by atoms with van der Waals surface area (Å²) in [7, 11) is -1.78. The first-order chi connectivity index (χ1) is 26.8. The lowest BCUT2D eigenvalue weighted by Gasteiger charge is -2.08. The number of fused-ring (bicyclic) bond motifs is 2. The van der Waals surface area contributed by atoms with Crippen molar-refractivity contribution in [3.8, 4) is 33.6 Å². The van der Waals surface area contributed by atoms with Gasteiger partial charge in [0.15, 0.2) is 4.67 Å². The molecule has 0 radical (unpaired) electrons. The Labute approximate surface area is 343 Å². The Bertz CT molecular complexity index is 2640. The van der Waals surface area contributed by atoms with Gasteiger partial charge in [0.25, 0.3) is 0 Å². The standard InChI is InChI=1S/C24H21FO.C14H14BFO2.C10H9BrO.CH4/c1-4-17-6-10-23-20(12-17)14-24(26-23)21-9-8-19(13-22(21)25)18-7-5-15(2)16(3)11-18;1-9-3-4-11(7-10(9)2)12-5-6-13(15(17)18)14(16)8-12;1-2-7-3-4-9-8(5-7)6-10(11)12-9;/h5-14H,4H2,1-3H3;3-8,17-18H,1-2H3;3-6H,2H2,1H3;1H4. The normalized spacial score (nSPS) is 10.7. The van der Waals surface area contributed by atoms with Crippen molar-refractivity contribution < 1.29 is 27.7 Å². The van der Waals surface area contributed by atoms with Gasteiger partial charge in [-0.1, -0.05) is 88.0 Å². The fourth-order valence-electron chi connectivity index (χ4n) is 6.38. The molecule has 0 saturated heterocycles. The smallest absolute Gasteiger partial charge is 0.456 e. The maximum absolute atomic E-state index is 14.8. The molecular weight excluding hydrogens is 781 g/mol. The van der Waals surface area contributed by atoms with Crippen LogP contribution in [-0.2, 0) is 12.8 Å². The highest BCUT2D eigenvalue weighted by Gasteiger charge is 2.17. The van der Waals surface area contributed by atoms with E-state index in [1.54, 1.807) is 18.2 Å². The number of rotatable bonds is 6. The lowest BCUT2D eigenvalue weighted by Crippen LogP contribution is -2.32. The van der Waals surface area contributed by atoms with E-state index in [4.69, 9.17) is 18.9 Å². The molecule has 8 heteroatoms. The summed E-state index contributed by atoms with van der Waals surface area (Å²) in [6, 6.07) is 38.1. The molecule has 6 aromatic carbocycles. The van der Waals surface area contributed by atoms with Crippen LogP contribution in [0.5, 0.6) is 0 Å². The van der Waals surface area contributed by atoms with E-state index in [0.29, 0.717) is 11.3 Å². The van der Waals surface area contributed by atoms with Crippen LogP contribution in [-0.4, -0.2) is 17.2 Å². The van der Waals surface area contributed by atoms with Crippen LogP contribution in [0.1, 0.15) is 54.7 Å². The molecular formula is C49H48BBrF2O4. The summed E-state index contributed by atoms with van der Waals surface area (Å²) in [5.41, 5.74) is 13.0. The summed E-state index contributed by atoms with van der Waals surface area (Å²) in [6.45, 7) is 12.4. The topological polar surface area (TPSA) is 66.7 Å². The third-order valence-corrected chi connectivity index (χ3v) is 10.5. The van der Waals surface area contributed by atoms with Gasteiger partial charge < -0.3 is 18.9 Å². The Morgan fingerprint density at radius 1 is 0.526 bits per heavy atom. The minimum atomic E-state index is -1.78. The third kappa shape index (κ3) is 10.2. The summed E-state index contributed by atoms with van der Waals surface area (Å²) < 4.78 is 40.5. The summed E-state index contributed by atoms with van der Waals surface area (Å²) in [6.07, 6.45) is 2.04. The van der Waals surface area contributed by atoms with Gasteiger partial charge in [0.1, 0.15) is 28.6 Å². The summed E-state index contributed by atoms with van der Waals surface area (Å²) in [4.78, 5) is 0. The first kappa shape index (κ1) is 42.9. The number of hydrogen-bond acceptors (Lipinski definition) is 4. The molecule has 2 N–H and O–H groups in total. The van der Waals surface area contributed by atoms with Crippen molar-refractivity contribution in [1.29, 1.82) is 0 Å². The zero-order chi connectivity index (χ0) is 40.1. The fraction of sp³-hybridized carbons (Fsp3) is 0.184. The molecule has 0 saturated carbocycles. The van der Waals surface area contributed by atoms with Crippen LogP contribution < -0.4 is 5.46 Å². The Morgan fingerprint density at radius 2 is 1.00 bits per heavy atom. The third-order valence-electron chi connectivity index (χ3n) is 10.1. The molecule has 0 spiro atoms. The van der Waals surface area contributed by atoms with E-state index >= 15 is 0 Å². The van der Waals surface area contributed by atoms with Gasteiger partial charge >= 0.3 is 7.12 Å². The molecule has 0 atom stereocenters. The van der Waals surface area contributed by atoms with E-state index in [-0.39, 0.29) is 18.7 Å². The average molecular weight is 830 g/mol. The van der Waals surface area contributed by atoms with Crippen molar-refractivity contribution in [2.75, 3.05) is 0 Å². The fourth-order valence-corrected chi connectivity index (χ4v) is 6.80. The molecule has 0 aliphatic heterocycles. The molecule has 0 aliphatic rings. The van der Waals surface area contributed by atoms with Crippen molar-refractivity contribution >= 4 is 50.4 Å². The monoisotopic (exact) mass is 828 g/mol. The van der Waals surface area contributed by atoms with E-state index in [2.05, 4.69) is 80.0 Å². The molecule has 8 aromatic rings. The van der Waals surface area contributed by atoms with Crippen LogP contribution in [0, 0.1) is 39.3 Å². The zero-order valence-corrected chi connectivity index (χ0v) is 34.0. The Hall–Kier alpha value is -5.28. The van der Waals surface area contributed by atoms with Gasteiger partial charge in [-0.2, -0.15) is 0 Å². The summed E-state index contributed by atoms with van der Waals surface area (Å²) >= 11 is 3.30. The maximum Gasteiger partial charge on any atom is 0.491 e. The maximum atomic E-state index is 14.8. The van der Waals surface area contributed by atoms with Crippen molar-refractivity contribution in [3.63, 3.8) is 0 Å². The van der Waals surface area contributed by atoms with Gasteiger partial charge in [0.2, 0.25) is 0 Å². The number of halogens is 3. The zero-order valence-electron chi connectivity index (χ0n) is 32.4. The Kier molecular flexibility index (Phi) is 14.1. The average Bonchev–Trinajstić information content (AvgIpc) is 3.78. The van der Waals surface area contributed by atoms with Gasteiger partial charge in [0, 0.05) is 16.2 Å². The molecule has 292 valence electrons. The number of hydrogen-bond donors (Lipinski definition) is 2. The van der Waals surface area contributed by atoms with E-state index in [0.717, 1.165) is 61.9 Å². The highest BCUT2D eigenvalue weighted by molar-refractivity contribution is 9.10. The van der Waals surface area contributed by atoms with Gasteiger partial charge in [-0.15, -0.1) is 0 Å². The lowest BCUT2D eigenvalue weighted by molar-refractivity contribution is 0.423.